The zero-order valence-electron chi connectivity index (χ0n) is 19.5. The maximum atomic E-state index is 12.9. The van der Waals surface area contributed by atoms with Gasteiger partial charge in [0.2, 0.25) is 15.9 Å². The van der Waals surface area contributed by atoms with Crippen LogP contribution in [-0.2, 0) is 11.2 Å². The Morgan fingerprint density at radius 1 is 1.14 bits per heavy atom. The molecule has 11 heteroatoms. The minimum atomic E-state index is -0.439. The van der Waals surface area contributed by atoms with E-state index in [4.69, 9.17) is 9.15 Å². The van der Waals surface area contributed by atoms with Crippen LogP contribution in [0.15, 0.2) is 47.1 Å². The highest BCUT2D eigenvalue weighted by molar-refractivity contribution is 7.15. The fourth-order valence-corrected chi connectivity index (χ4v) is 4.59. The van der Waals surface area contributed by atoms with Crippen LogP contribution in [0.4, 0.5) is 5.69 Å². The first-order chi connectivity index (χ1) is 16.9. The van der Waals surface area contributed by atoms with Crippen LogP contribution in [0.3, 0.4) is 0 Å². The molecule has 1 fully saturated rings. The number of benzene rings is 1. The van der Waals surface area contributed by atoms with Crippen LogP contribution in [0, 0.1) is 5.92 Å². The predicted octanol–water partition coefficient (Wildman–Crippen LogP) is 2.99. The Bertz CT molecular complexity index is 1150. The topological polar surface area (TPSA) is 127 Å². The highest BCUT2D eigenvalue weighted by Crippen LogP contribution is 2.22. The van der Waals surface area contributed by atoms with Gasteiger partial charge in [0.15, 0.2) is 0 Å². The van der Waals surface area contributed by atoms with Crippen LogP contribution in [0.1, 0.15) is 45.1 Å². The van der Waals surface area contributed by atoms with E-state index in [1.54, 1.807) is 42.5 Å². The summed E-state index contributed by atoms with van der Waals surface area (Å²) in [6, 6.07) is 10.5. The zero-order valence-corrected chi connectivity index (χ0v) is 20.3. The van der Waals surface area contributed by atoms with Crippen molar-refractivity contribution in [3.05, 3.63) is 58.4 Å². The van der Waals surface area contributed by atoms with Gasteiger partial charge in [0.05, 0.1) is 13.4 Å². The van der Waals surface area contributed by atoms with Crippen molar-refractivity contribution < 1.29 is 23.5 Å². The monoisotopic (exact) mass is 497 g/mol. The summed E-state index contributed by atoms with van der Waals surface area (Å²) in [6.07, 6.45) is 3.37. The Balaban J connectivity index is 1.26. The Hall–Kier alpha value is -3.73. The average Bonchev–Trinajstić information content (AvgIpc) is 3.57. The number of carbonyl (C=O) groups is 3. The van der Waals surface area contributed by atoms with Crippen LogP contribution in [0.2, 0.25) is 0 Å². The van der Waals surface area contributed by atoms with Gasteiger partial charge >= 0.3 is 0 Å². The Labute approximate surface area is 206 Å². The largest absolute Gasteiger partial charge is 0.497 e. The number of anilines is 1. The smallest absolute Gasteiger partial charge is 0.286 e. The number of nitrogens with one attached hydrogen (secondary N) is 2. The van der Waals surface area contributed by atoms with Crippen molar-refractivity contribution in [1.82, 2.24) is 20.4 Å². The molecule has 35 heavy (non-hydrogen) atoms. The molecule has 1 aromatic carbocycles. The fraction of sp³-hybridized carbons (Fsp3) is 0.375. The molecule has 2 N–H and O–H groups in total. The third-order valence-corrected chi connectivity index (χ3v) is 6.69. The van der Waals surface area contributed by atoms with E-state index in [9.17, 15) is 14.4 Å². The van der Waals surface area contributed by atoms with Crippen molar-refractivity contribution in [2.75, 3.05) is 25.5 Å². The highest BCUT2D eigenvalue weighted by Gasteiger charge is 2.30. The number of hydrogen-bond acceptors (Lipinski definition) is 8. The van der Waals surface area contributed by atoms with Gasteiger partial charge in [-0.2, -0.15) is 0 Å². The summed E-state index contributed by atoms with van der Waals surface area (Å²) < 4.78 is 10.4. The maximum Gasteiger partial charge on any atom is 0.286 e. The fourth-order valence-electron chi connectivity index (χ4n) is 3.88. The van der Waals surface area contributed by atoms with E-state index in [0.717, 1.165) is 17.1 Å². The van der Waals surface area contributed by atoms with Crippen LogP contribution in [-0.4, -0.2) is 59.1 Å². The molecule has 0 bridgehead atoms. The second-order valence-corrected chi connectivity index (χ2v) is 9.33. The molecule has 1 unspecified atom stereocenters. The lowest BCUT2D eigenvalue weighted by Crippen LogP contribution is -2.45. The van der Waals surface area contributed by atoms with E-state index >= 15 is 0 Å². The second kappa shape index (κ2) is 11.1. The number of amides is 3. The Morgan fingerprint density at radius 3 is 2.51 bits per heavy atom. The van der Waals surface area contributed by atoms with E-state index in [2.05, 4.69) is 20.8 Å². The molecule has 1 aliphatic heterocycles. The lowest BCUT2D eigenvalue weighted by Gasteiger charge is -2.31. The molecule has 1 saturated heterocycles. The van der Waals surface area contributed by atoms with Crippen molar-refractivity contribution in [2.45, 2.75) is 32.2 Å². The summed E-state index contributed by atoms with van der Waals surface area (Å²) in [5.74, 6) is 0.619. The summed E-state index contributed by atoms with van der Waals surface area (Å²) in [7, 11) is 1.56. The number of methoxy groups -OCH3 is 1. The third kappa shape index (κ3) is 6.24. The van der Waals surface area contributed by atoms with E-state index in [1.165, 1.54) is 0 Å². The van der Waals surface area contributed by atoms with Gasteiger partial charge in [0.1, 0.15) is 11.5 Å². The maximum absolute atomic E-state index is 12.9. The van der Waals surface area contributed by atoms with Gasteiger partial charge in [0, 0.05) is 37.2 Å². The number of aromatic nitrogens is 2. The van der Waals surface area contributed by atoms with Crippen LogP contribution in [0.25, 0.3) is 0 Å². The lowest BCUT2D eigenvalue weighted by molar-refractivity contribution is -0.126. The van der Waals surface area contributed by atoms with Gasteiger partial charge in [-0.3, -0.25) is 14.4 Å². The number of rotatable bonds is 8. The number of ether oxygens (including phenoxy) is 1. The molecule has 2 aromatic heterocycles. The van der Waals surface area contributed by atoms with E-state index in [-0.39, 0.29) is 33.8 Å². The molecule has 0 spiro atoms. The normalized spacial score (nSPS) is 14.9. The third-order valence-electron chi connectivity index (χ3n) is 5.78. The standard InChI is InChI=1S/C24H27N5O5S/c1-15(14-19-4-3-13-34-19)25-20(30)16-9-11-29(12-10-16)24(32)23-28-27-22(35-23)21(31)26-17-5-7-18(33-2)8-6-17/h3-8,13,15-16H,9-12,14H2,1-2H3,(H,25,30)(H,26,31). The van der Waals surface area contributed by atoms with Crippen LogP contribution in [0.5, 0.6) is 5.75 Å². The lowest BCUT2D eigenvalue weighted by atomic mass is 9.95. The van der Waals surface area contributed by atoms with Crippen molar-refractivity contribution in [1.29, 1.82) is 0 Å². The van der Waals surface area contributed by atoms with Crippen molar-refractivity contribution in [3.63, 3.8) is 0 Å². The summed E-state index contributed by atoms with van der Waals surface area (Å²) in [5, 5.41) is 13.8. The molecule has 1 aliphatic rings. The summed E-state index contributed by atoms with van der Waals surface area (Å²) >= 11 is 0.948. The number of nitrogens with zero attached hydrogens (tertiary/aromatic N) is 3. The molecule has 10 nitrogen and oxygen atoms in total. The molecule has 1 atom stereocenters. The van der Waals surface area contributed by atoms with Crippen molar-refractivity contribution in [2.24, 2.45) is 5.92 Å². The van der Waals surface area contributed by atoms with Gasteiger partial charge in [-0.1, -0.05) is 11.3 Å². The first-order valence-electron chi connectivity index (χ1n) is 11.3. The number of likely N-dealkylation sites (tertiary alicyclic amines) is 1. The molecule has 0 aliphatic carbocycles. The van der Waals surface area contributed by atoms with Gasteiger partial charge < -0.3 is 24.7 Å². The molecular formula is C24H27N5O5S. The quantitative estimate of drug-likeness (QED) is 0.490. The van der Waals surface area contributed by atoms with Gasteiger partial charge in [0.25, 0.3) is 11.8 Å². The average molecular weight is 498 g/mol. The summed E-state index contributed by atoms with van der Waals surface area (Å²) in [4.78, 5) is 39.6. The molecule has 3 amide bonds. The second-order valence-electron chi connectivity index (χ2n) is 8.35. The van der Waals surface area contributed by atoms with E-state index in [1.807, 2.05) is 19.1 Å². The number of hydrogen-bond donors (Lipinski definition) is 2. The minimum absolute atomic E-state index is 0.00967. The molecule has 184 valence electrons. The van der Waals surface area contributed by atoms with E-state index in [0.29, 0.717) is 43.8 Å². The molecule has 0 saturated carbocycles. The first-order valence-corrected chi connectivity index (χ1v) is 12.2. The molecule has 3 aromatic rings. The molecule has 0 radical (unpaired) electrons. The molecule has 3 heterocycles. The summed E-state index contributed by atoms with van der Waals surface area (Å²) in [5.41, 5.74) is 0.581. The molecule has 4 rings (SSSR count). The number of piperidine rings is 1. The predicted molar refractivity (Wildman–Crippen MR) is 130 cm³/mol. The van der Waals surface area contributed by atoms with Gasteiger partial charge in [-0.15, -0.1) is 10.2 Å². The Kier molecular flexibility index (Phi) is 7.76. The van der Waals surface area contributed by atoms with Crippen molar-refractivity contribution >= 4 is 34.7 Å². The van der Waals surface area contributed by atoms with Crippen LogP contribution < -0.4 is 15.4 Å². The first kappa shape index (κ1) is 24.4. The minimum Gasteiger partial charge on any atom is -0.497 e. The number of carbonyl (C=O) groups excluding carboxylic acids is 3. The molecular weight excluding hydrogens is 470 g/mol. The van der Waals surface area contributed by atoms with Crippen molar-refractivity contribution in [3.8, 4) is 5.75 Å². The summed E-state index contributed by atoms with van der Waals surface area (Å²) in [6.45, 7) is 2.82. The zero-order chi connectivity index (χ0) is 24.8. The number of furan rings is 1. The van der Waals surface area contributed by atoms with E-state index < -0.39 is 5.91 Å². The SMILES string of the molecule is COc1ccc(NC(=O)c2nnc(C(=O)N3CCC(C(=O)NC(C)Cc4ccco4)CC3)s2)cc1. The van der Waals surface area contributed by atoms with Crippen LogP contribution >= 0.6 is 11.3 Å². The highest BCUT2D eigenvalue weighted by atomic mass is 32.1. The van der Waals surface area contributed by atoms with Gasteiger partial charge in [-0.05, 0) is 56.2 Å². The Morgan fingerprint density at radius 2 is 1.86 bits per heavy atom. The van der Waals surface area contributed by atoms with Gasteiger partial charge in [-0.25, -0.2) is 0 Å².